The summed E-state index contributed by atoms with van der Waals surface area (Å²) >= 11 is 1.53. The number of nitrogens with zero attached hydrogens (tertiary/aromatic N) is 4. The lowest BCUT2D eigenvalue weighted by atomic mass is 9.78. The number of hydrogen-bond donors (Lipinski definition) is 1. The Balaban J connectivity index is 1.32. The van der Waals surface area contributed by atoms with E-state index in [0.717, 1.165) is 41.2 Å². The summed E-state index contributed by atoms with van der Waals surface area (Å²) in [4.78, 5) is 46.2. The fourth-order valence-electron chi connectivity index (χ4n) is 4.61. The van der Waals surface area contributed by atoms with Crippen molar-refractivity contribution in [1.29, 1.82) is 0 Å². The van der Waals surface area contributed by atoms with E-state index in [4.69, 9.17) is 0 Å². The van der Waals surface area contributed by atoms with Gasteiger partial charge in [-0.3, -0.25) is 24.6 Å². The molecule has 0 saturated heterocycles. The number of benzene rings is 1. The van der Waals surface area contributed by atoms with Crippen LogP contribution in [0, 0.1) is 25.7 Å². The molecule has 8 nitrogen and oxygen atoms in total. The molecular formula is C22H23N5O3S. The molecule has 2 atom stereocenters. The highest BCUT2D eigenvalue weighted by Crippen LogP contribution is 2.34. The van der Waals surface area contributed by atoms with Gasteiger partial charge in [0, 0.05) is 17.3 Å². The van der Waals surface area contributed by atoms with Crippen molar-refractivity contribution >= 4 is 40.0 Å². The van der Waals surface area contributed by atoms with Crippen molar-refractivity contribution in [2.45, 2.75) is 39.5 Å². The maximum atomic E-state index is 13.1. The normalized spacial score (nSPS) is 21.0. The van der Waals surface area contributed by atoms with Gasteiger partial charge in [-0.05, 0) is 44.7 Å². The first-order valence-corrected chi connectivity index (χ1v) is 11.3. The van der Waals surface area contributed by atoms with Crippen LogP contribution >= 0.6 is 11.3 Å². The Labute approximate surface area is 183 Å². The molecule has 2 unspecified atom stereocenters. The van der Waals surface area contributed by atoms with Gasteiger partial charge < -0.3 is 0 Å². The number of rotatable bonds is 4. The average Bonchev–Trinajstić information content (AvgIpc) is 3.36. The molecule has 0 spiro atoms. The van der Waals surface area contributed by atoms with Gasteiger partial charge >= 0.3 is 0 Å². The van der Waals surface area contributed by atoms with Crippen LogP contribution in [0.4, 0.5) is 5.95 Å². The Kier molecular flexibility index (Phi) is 4.85. The van der Waals surface area contributed by atoms with Gasteiger partial charge in [0.1, 0.15) is 0 Å². The second kappa shape index (κ2) is 7.56. The van der Waals surface area contributed by atoms with E-state index in [-0.39, 0.29) is 36.1 Å². The van der Waals surface area contributed by atoms with Gasteiger partial charge in [0.25, 0.3) is 11.8 Å². The van der Waals surface area contributed by atoms with Crippen LogP contribution in [0.25, 0.3) is 4.96 Å². The molecule has 0 radical (unpaired) electrons. The highest BCUT2D eigenvalue weighted by Gasteiger charge is 2.40. The number of fused-ring (bicyclic) bond motifs is 2. The summed E-state index contributed by atoms with van der Waals surface area (Å²) in [5.74, 6) is -0.760. The van der Waals surface area contributed by atoms with Crippen molar-refractivity contribution in [1.82, 2.24) is 19.5 Å². The van der Waals surface area contributed by atoms with Crippen LogP contribution in [0.1, 0.15) is 57.0 Å². The molecule has 1 aromatic carbocycles. The van der Waals surface area contributed by atoms with Crippen molar-refractivity contribution in [2.75, 3.05) is 11.9 Å². The Morgan fingerprint density at radius 1 is 1.13 bits per heavy atom. The Morgan fingerprint density at radius 3 is 2.48 bits per heavy atom. The van der Waals surface area contributed by atoms with Crippen LogP contribution in [-0.4, -0.2) is 43.8 Å². The van der Waals surface area contributed by atoms with Gasteiger partial charge in [0.15, 0.2) is 0 Å². The van der Waals surface area contributed by atoms with E-state index in [1.54, 1.807) is 28.8 Å². The predicted octanol–water partition coefficient (Wildman–Crippen LogP) is 3.45. The third kappa shape index (κ3) is 3.33. The summed E-state index contributed by atoms with van der Waals surface area (Å²) in [5.41, 5.74) is 1.89. The van der Waals surface area contributed by atoms with Gasteiger partial charge in [-0.1, -0.05) is 36.3 Å². The number of aryl methyl sites for hydroxylation is 2. The van der Waals surface area contributed by atoms with Crippen molar-refractivity contribution in [3.8, 4) is 0 Å². The maximum absolute atomic E-state index is 13.1. The number of hydrogen-bond acceptors (Lipinski definition) is 6. The first-order valence-electron chi connectivity index (χ1n) is 10.5. The lowest BCUT2D eigenvalue weighted by Gasteiger charge is -2.32. The number of nitrogens with one attached hydrogen (secondary N) is 1. The summed E-state index contributed by atoms with van der Waals surface area (Å²) in [6.45, 7) is 4.24. The number of thiazole rings is 1. The molecule has 0 bridgehead atoms. The minimum absolute atomic E-state index is 0.0799. The molecule has 1 N–H and O–H groups in total. The molecule has 31 heavy (non-hydrogen) atoms. The van der Waals surface area contributed by atoms with E-state index in [9.17, 15) is 14.4 Å². The molecular weight excluding hydrogens is 414 g/mol. The predicted molar refractivity (Wildman–Crippen MR) is 116 cm³/mol. The van der Waals surface area contributed by atoms with Gasteiger partial charge in [-0.15, -0.1) is 5.10 Å². The number of anilines is 1. The summed E-state index contributed by atoms with van der Waals surface area (Å²) in [7, 11) is 0. The fourth-order valence-corrected chi connectivity index (χ4v) is 5.51. The van der Waals surface area contributed by atoms with Crippen LogP contribution in [0.5, 0.6) is 0 Å². The van der Waals surface area contributed by atoms with E-state index in [1.807, 2.05) is 13.8 Å². The van der Waals surface area contributed by atoms with Crippen LogP contribution in [0.2, 0.25) is 0 Å². The van der Waals surface area contributed by atoms with Crippen LogP contribution in [0.3, 0.4) is 0 Å². The molecule has 160 valence electrons. The maximum Gasteiger partial charge on any atom is 0.261 e. The zero-order valence-corrected chi connectivity index (χ0v) is 18.2. The molecule has 3 heterocycles. The molecule has 1 saturated carbocycles. The fraction of sp³-hybridized carbons (Fsp3) is 0.409. The minimum atomic E-state index is -0.289. The lowest BCUT2D eigenvalue weighted by Crippen LogP contribution is -2.41. The van der Waals surface area contributed by atoms with Crippen LogP contribution in [-0.2, 0) is 4.79 Å². The summed E-state index contributed by atoms with van der Waals surface area (Å²) in [6, 6.07) is 6.88. The van der Waals surface area contributed by atoms with E-state index in [0.29, 0.717) is 17.1 Å². The van der Waals surface area contributed by atoms with E-state index >= 15 is 0 Å². The van der Waals surface area contributed by atoms with Crippen molar-refractivity contribution in [3.05, 3.63) is 46.0 Å². The standard InChI is InChI=1S/C22H23N5O3S/c1-12-13(2)31-22-24-21(25-27(12)22)23-18(28)15-8-4-3-7-14(15)11-26-19(29)16-9-5-6-10-17(16)20(26)30/h5-6,9-10,14-15H,3-4,7-8,11H2,1-2H3,(H,23,25,28). The molecule has 5 rings (SSSR count). The zero-order chi connectivity index (χ0) is 21.7. The van der Waals surface area contributed by atoms with Gasteiger partial charge in [-0.2, -0.15) is 4.98 Å². The molecule has 3 amide bonds. The summed E-state index contributed by atoms with van der Waals surface area (Å²) < 4.78 is 1.74. The largest absolute Gasteiger partial charge is 0.293 e. The molecule has 2 aliphatic rings. The monoisotopic (exact) mass is 437 g/mol. The zero-order valence-electron chi connectivity index (χ0n) is 17.4. The molecule has 9 heteroatoms. The van der Waals surface area contributed by atoms with E-state index in [2.05, 4.69) is 15.4 Å². The first kappa shape index (κ1) is 19.9. The smallest absolute Gasteiger partial charge is 0.261 e. The summed E-state index contributed by atoms with van der Waals surface area (Å²) in [5, 5.41) is 7.28. The quantitative estimate of drug-likeness (QED) is 0.631. The highest BCUT2D eigenvalue weighted by molar-refractivity contribution is 7.17. The number of imide groups is 1. The molecule has 1 aliphatic heterocycles. The van der Waals surface area contributed by atoms with Crippen molar-refractivity contribution < 1.29 is 14.4 Å². The van der Waals surface area contributed by atoms with Gasteiger partial charge in [0.05, 0.1) is 16.8 Å². The van der Waals surface area contributed by atoms with E-state index in [1.165, 1.54) is 16.2 Å². The molecule has 1 aliphatic carbocycles. The molecule has 1 fully saturated rings. The van der Waals surface area contributed by atoms with Gasteiger partial charge in [-0.25, -0.2) is 4.52 Å². The van der Waals surface area contributed by atoms with Crippen LogP contribution in [0.15, 0.2) is 24.3 Å². The number of aromatic nitrogens is 3. The second-order valence-corrected chi connectivity index (χ2v) is 9.46. The molecule has 3 aromatic rings. The average molecular weight is 438 g/mol. The first-order chi connectivity index (χ1) is 14.9. The Hall–Kier alpha value is -3.07. The lowest BCUT2D eigenvalue weighted by molar-refractivity contribution is -0.122. The minimum Gasteiger partial charge on any atom is -0.293 e. The number of amides is 3. The SMILES string of the molecule is Cc1sc2nc(NC(=O)C3CCCCC3CN3C(=O)c4ccccc4C3=O)nn2c1C. The highest BCUT2D eigenvalue weighted by atomic mass is 32.1. The topological polar surface area (TPSA) is 96.7 Å². The van der Waals surface area contributed by atoms with Crippen LogP contribution < -0.4 is 5.32 Å². The Bertz CT molecular complexity index is 1180. The summed E-state index contributed by atoms with van der Waals surface area (Å²) in [6.07, 6.45) is 3.45. The van der Waals surface area contributed by atoms with E-state index < -0.39 is 0 Å². The Morgan fingerprint density at radius 2 is 1.81 bits per heavy atom. The second-order valence-electron chi connectivity index (χ2n) is 8.28. The number of carbonyl (C=O) groups excluding carboxylic acids is 3. The van der Waals surface area contributed by atoms with Crippen molar-refractivity contribution in [3.63, 3.8) is 0 Å². The molecule has 2 aromatic heterocycles. The third-order valence-electron chi connectivity index (χ3n) is 6.43. The van der Waals surface area contributed by atoms with Gasteiger partial charge in [0.2, 0.25) is 16.8 Å². The third-order valence-corrected chi connectivity index (χ3v) is 7.47. The number of carbonyl (C=O) groups is 3. The van der Waals surface area contributed by atoms with Crippen molar-refractivity contribution in [2.24, 2.45) is 11.8 Å².